The molecule has 0 aliphatic rings. The molecule has 0 saturated heterocycles. The Bertz CT molecular complexity index is 603. The monoisotopic (exact) mass is 323 g/mol. The molecule has 0 amide bonds. The first kappa shape index (κ1) is 16.2. The largest absolute Gasteiger partial charge is 0.457 e. The van der Waals surface area contributed by atoms with Crippen LogP contribution in [0, 0.1) is 0 Å². The summed E-state index contributed by atoms with van der Waals surface area (Å²) in [6.45, 7) is 7.05. The van der Waals surface area contributed by atoms with Crippen LogP contribution in [0.4, 0.5) is 0 Å². The van der Waals surface area contributed by atoms with E-state index in [2.05, 4.69) is 26.1 Å². The Morgan fingerprint density at radius 1 is 0.952 bits per heavy atom. The summed E-state index contributed by atoms with van der Waals surface area (Å²) in [5.74, 6) is 1.54. The van der Waals surface area contributed by atoms with Crippen LogP contribution in [-0.4, -0.2) is 5.54 Å². The SMILES string of the molecule is CC(C)(C)NCc1cc(Cl)ccc1Oc1ccc(Cl)cc1. The van der Waals surface area contributed by atoms with Crippen LogP contribution in [0.15, 0.2) is 42.5 Å². The van der Waals surface area contributed by atoms with Gasteiger partial charge in [0.05, 0.1) is 0 Å². The minimum absolute atomic E-state index is 0.0276. The van der Waals surface area contributed by atoms with E-state index >= 15 is 0 Å². The van der Waals surface area contributed by atoms with Crippen molar-refractivity contribution < 1.29 is 4.74 Å². The number of hydrogen-bond acceptors (Lipinski definition) is 2. The lowest BCUT2D eigenvalue weighted by Gasteiger charge is -2.21. The van der Waals surface area contributed by atoms with E-state index in [1.54, 1.807) is 12.1 Å². The van der Waals surface area contributed by atoms with Gasteiger partial charge < -0.3 is 10.1 Å². The molecule has 2 aromatic rings. The van der Waals surface area contributed by atoms with Crippen molar-refractivity contribution in [1.82, 2.24) is 5.32 Å². The first-order valence-corrected chi connectivity index (χ1v) is 7.56. The zero-order valence-electron chi connectivity index (χ0n) is 12.4. The van der Waals surface area contributed by atoms with Gasteiger partial charge in [-0.3, -0.25) is 0 Å². The van der Waals surface area contributed by atoms with Gasteiger partial charge >= 0.3 is 0 Å². The Morgan fingerprint density at radius 2 is 1.57 bits per heavy atom. The molecule has 0 atom stereocenters. The highest BCUT2D eigenvalue weighted by Gasteiger charge is 2.12. The Kier molecular flexibility index (Phi) is 5.15. The highest BCUT2D eigenvalue weighted by molar-refractivity contribution is 6.30. The summed E-state index contributed by atoms with van der Waals surface area (Å²) in [6.07, 6.45) is 0. The molecule has 1 N–H and O–H groups in total. The van der Waals surface area contributed by atoms with E-state index in [-0.39, 0.29) is 5.54 Å². The highest BCUT2D eigenvalue weighted by atomic mass is 35.5. The van der Waals surface area contributed by atoms with Gasteiger partial charge in [-0.05, 0) is 63.2 Å². The van der Waals surface area contributed by atoms with Crippen molar-refractivity contribution in [3.05, 3.63) is 58.1 Å². The van der Waals surface area contributed by atoms with Gasteiger partial charge in [0.2, 0.25) is 0 Å². The molecule has 0 unspecified atom stereocenters. The van der Waals surface area contributed by atoms with Crippen molar-refractivity contribution in [2.45, 2.75) is 32.9 Å². The number of ether oxygens (including phenoxy) is 1. The third kappa shape index (κ3) is 5.24. The molecule has 0 aliphatic heterocycles. The molecule has 112 valence electrons. The molecule has 0 fully saturated rings. The number of rotatable bonds is 4. The number of hydrogen-bond donors (Lipinski definition) is 1. The topological polar surface area (TPSA) is 21.3 Å². The third-order valence-electron chi connectivity index (χ3n) is 2.87. The average molecular weight is 324 g/mol. The van der Waals surface area contributed by atoms with Crippen molar-refractivity contribution in [2.24, 2.45) is 0 Å². The average Bonchev–Trinajstić information content (AvgIpc) is 2.40. The summed E-state index contributed by atoms with van der Waals surface area (Å²) in [6, 6.07) is 12.9. The first-order chi connectivity index (χ1) is 9.83. The van der Waals surface area contributed by atoms with E-state index in [0.717, 1.165) is 17.1 Å². The van der Waals surface area contributed by atoms with Gasteiger partial charge in [0.15, 0.2) is 0 Å². The smallest absolute Gasteiger partial charge is 0.132 e. The third-order valence-corrected chi connectivity index (χ3v) is 3.36. The lowest BCUT2D eigenvalue weighted by atomic mass is 10.1. The van der Waals surface area contributed by atoms with Gasteiger partial charge in [-0.15, -0.1) is 0 Å². The maximum Gasteiger partial charge on any atom is 0.132 e. The number of benzene rings is 2. The Labute approximate surface area is 136 Å². The van der Waals surface area contributed by atoms with Gasteiger partial charge in [0, 0.05) is 27.7 Å². The predicted octanol–water partition coefficient (Wildman–Crippen LogP) is 5.67. The molecule has 0 aromatic heterocycles. The van der Waals surface area contributed by atoms with Crippen molar-refractivity contribution in [2.75, 3.05) is 0 Å². The molecule has 0 saturated carbocycles. The van der Waals surface area contributed by atoms with Crippen LogP contribution in [-0.2, 0) is 6.54 Å². The van der Waals surface area contributed by atoms with Gasteiger partial charge in [-0.2, -0.15) is 0 Å². The summed E-state index contributed by atoms with van der Waals surface area (Å²) in [7, 11) is 0. The summed E-state index contributed by atoms with van der Waals surface area (Å²) in [4.78, 5) is 0. The van der Waals surface area contributed by atoms with Gasteiger partial charge in [-0.1, -0.05) is 23.2 Å². The normalized spacial score (nSPS) is 11.5. The zero-order valence-corrected chi connectivity index (χ0v) is 13.9. The second-order valence-corrected chi connectivity index (χ2v) is 6.78. The van der Waals surface area contributed by atoms with Crippen molar-refractivity contribution >= 4 is 23.2 Å². The minimum atomic E-state index is 0.0276. The van der Waals surface area contributed by atoms with Gasteiger partial charge in [0.25, 0.3) is 0 Å². The zero-order chi connectivity index (χ0) is 15.5. The fourth-order valence-corrected chi connectivity index (χ4v) is 2.10. The van der Waals surface area contributed by atoms with Crippen LogP contribution in [0.25, 0.3) is 0 Å². The van der Waals surface area contributed by atoms with E-state index < -0.39 is 0 Å². The second kappa shape index (κ2) is 6.69. The van der Waals surface area contributed by atoms with Crippen LogP contribution in [0.3, 0.4) is 0 Å². The maximum absolute atomic E-state index is 6.09. The fraction of sp³-hybridized carbons (Fsp3) is 0.294. The molecule has 0 aliphatic carbocycles. The van der Waals surface area contributed by atoms with E-state index in [9.17, 15) is 0 Å². The molecule has 21 heavy (non-hydrogen) atoms. The molecule has 2 aromatic carbocycles. The van der Waals surface area contributed by atoms with Crippen LogP contribution in [0.2, 0.25) is 10.0 Å². The minimum Gasteiger partial charge on any atom is -0.457 e. The Hall–Kier alpha value is -1.22. The lowest BCUT2D eigenvalue weighted by molar-refractivity contribution is 0.414. The molecule has 2 nitrogen and oxygen atoms in total. The van der Waals surface area contributed by atoms with E-state index in [1.807, 2.05) is 30.3 Å². The number of halogens is 2. The van der Waals surface area contributed by atoms with Crippen molar-refractivity contribution in [3.63, 3.8) is 0 Å². The standard InChI is InChI=1S/C17H19Cl2NO/c1-17(2,3)20-11-12-10-14(19)6-9-16(12)21-15-7-4-13(18)5-8-15/h4-10,20H,11H2,1-3H3. The van der Waals surface area contributed by atoms with Crippen molar-refractivity contribution in [3.8, 4) is 11.5 Å². The van der Waals surface area contributed by atoms with Crippen LogP contribution in [0.5, 0.6) is 11.5 Å². The van der Waals surface area contributed by atoms with Gasteiger partial charge in [0.1, 0.15) is 11.5 Å². The molecule has 4 heteroatoms. The van der Waals surface area contributed by atoms with Crippen LogP contribution < -0.4 is 10.1 Å². The lowest BCUT2D eigenvalue weighted by Crippen LogP contribution is -2.35. The molecule has 2 rings (SSSR count). The van der Waals surface area contributed by atoms with E-state index in [4.69, 9.17) is 27.9 Å². The van der Waals surface area contributed by atoms with Crippen LogP contribution in [0.1, 0.15) is 26.3 Å². The van der Waals surface area contributed by atoms with Crippen LogP contribution >= 0.6 is 23.2 Å². The molecule has 0 bridgehead atoms. The molecule has 0 heterocycles. The predicted molar refractivity (Wildman–Crippen MR) is 89.6 cm³/mol. The molecule has 0 spiro atoms. The Morgan fingerprint density at radius 3 is 2.19 bits per heavy atom. The first-order valence-electron chi connectivity index (χ1n) is 6.80. The summed E-state index contributed by atoms with van der Waals surface area (Å²) in [5.41, 5.74) is 1.05. The second-order valence-electron chi connectivity index (χ2n) is 5.91. The molecular weight excluding hydrogens is 305 g/mol. The maximum atomic E-state index is 6.09. The molecule has 0 radical (unpaired) electrons. The Balaban J connectivity index is 2.20. The summed E-state index contributed by atoms with van der Waals surface area (Å²) < 4.78 is 5.93. The summed E-state index contributed by atoms with van der Waals surface area (Å²) >= 11 is 12.0. The van der Waals surface area contributed by atoms with Crippen molar-refractivity contribution in [1.29, 1.82) is 0 Å². The van der Waals surface area contributed by atoms with E-state index in [1.165, 1.54) is 0 Å². The number of nitrogens with one attached hydrogen (secondary N) is 1. The highest BCUT2D eigenvalue weighted by Crippen LogP contribution is 2.29. The molecular formula is C17H19Cl2NO. The van der Waals surface area contributed by atoms with E-state index in [0.29, 0.717) is 16.6 Å². The fourth-order valence-electron chi connectivity index (χ4n) is 1.78. The summed E-state index contributed by atoms with van der Waals surface area (Å²) in [5, 5.41) is 4.83. The quantitative estimate of drug-likeness (QED) is 0.782. The van der Waals surface area contributed by atoms with Gasteiger partial charge in [-0.25, -0.2) is 0 Å².